The van der Waals surface area contributed by atoms with Gasteiger partial charge >= 0.3 is 0 Å². The second kappa shape index (κ2) is 4.65. The molecule has 1 aromatic carbocycles. The second-order valence-corrected chi connectivity index (χ2v) is 3.11. The van der Waals surface area contributed by atoms with E-state index in [0.29, 0.717) is 12.8 Å². The van der Waals surface area contributed by atoms with Crippen molar-refractivity contribution in [1.29, 1.82) is 0 Å². The number of carbonyl (C=O) groups excluding carboxylic acids is 1. The van der Waals surface area contributed by atoms with Gasteiger partial charge in [-0.3, -0.25) is 0 Å². The van der Waals surface area contributed by atoms with Gasteiger partial charge in [0.2, 0.25) is 0 Å². The molecule has 0 spiro atoms. The van der Waals surface area contributed by atoms with E-state index in [9.17, 15) is 9.90 Å². The molecule has 0 aliphatic rings. The highest BCUT2D eigenvalue weighted by atomic mass is 16.4. The van der Waals surface area contributed by atoms with Crippen LogP contribution in [0.2, 0.25) is 0 Å². The zero-order valence-electron chi connectivity index (χ0n) is 7.69. The third kappa shape index (κ3) is 2.90. The first kappa shape index (κ1) is 9.78. The summed E-state index contributed by atoms with van der Waals surface area (Å²) in [6.45, 7) is 1.86. The van der Waals surface area contributed by atoms with Crippen LogP contribution >= 0.6 is 0 Å². The zero-order chi connectivity index (χ0) is 9.68. The van der Waals surface area contributed by atoms with Crippen molar-refractivity contribution in [2.75, 3.05) is 0 Å². The van der Waals surface area contributed by atoms with E-state index in [1.807, 2.05) is 37.3 Å². The van der Waals surface area contributed by atoms with Crippen LogP contribution in [0.4, 0.5) is 0 Å². The fraction of sp³-hybridized carbons (Fsp3) is 0.364. The maximum absolute atomic E-state index is 10.6. The van der Waals surface area contributed by atoms with Crippen LogP contribution < -0.4 is 5.11 Å². The van der Waals surface area contributed by atoms with Gasteiger partial charge in [0.15, 0.2) is 0 Å². The summed E-state index contributed by atoms with van der Waals surface area (Å²) in [5, 5.41) is 10.6. The fourth-order valence-corrected chi connectivity index (χ4v) is 1.29. The van der Waals surface area contributed by atoms with Crippen LogP contribution in [0.15, 0.2) is 30.3 Å². The molecule has 1 aromatic rings. The lowest BCUT2D eigenvalue weighted by Gasteiger charge is -2.15. The van der Waals surface area contributed by atoms with Gasteiger partial charge in [-0.1, -0.05) is 37.3 Å². The van der Waals surface area contributed by atoms with Crippen molar-refractivity contribution in [2.24, 2.45) is 5.92 Å². The summed E-state index contributed by atoms with van der Waals surface area (Å²) in [5.74, 6) is -1.31. The van der Waals surface area contributed by atoms with Crippen LogP contribution in [-0.4, -0.2) is 5.97 Å². The Labute approximate surface area is 78.2 Å². The number of carboxylic acid groups (broad SMARTS) is 1. The molecule has 0 aliphatic carbocycles. The topological polar surface area (TPSA) is 40.1 Å². The third-order valence-electron chi connectivity index (χ3n) is 2.15. The number of carbonyl (C=O) groups is 1. The normalized spacial score (nSPS) is 12.4. The van der Waals surface area contributed by atoms with Crippen LogP contribution in [0.25, 0.3) is 0 Å². The summed E-state index contributed by atoms with van der Waals surface area (Å²) in [7, 11) is 0. The highest BCUT2D eigenvalue weighted by Gasteiger charge is 2.07. The SMILES string of the molecule is CCC(Cc1ccccc1)C(=O)[O-]. The molecule has 0 N–H and O–H groups in total. The molecule has 70 valence electrons. The van der Waals surface area contributed by atoms with E-state index in [0.717, 1.165) is 5.56 Å². The lowest BCUT2D eigenvalue weighted by Crippen LogP contribution is -2.32. The molecule has 0 aromatic heterocycles. The molecule has 0 saturated heterocycles. The summed E-state index contributed by atoms with van der Waals surface area (Å²) >= 11 is 0. The first-order valence-corrected chi connectivity index (χ1v) is 4.48. The molecule has 13 heavy (non-hydrogen) atoms. The van der Waals surface area contributed by atoms with Crippen LogP contribution in [-0.2, 0) is 11.2 Å². The number of hydrogen-bond acceptors (Lipinski definition) is 2. The summed E-state index contributed by atoms with van der Waals surface area (Å²) in [6.07, 6.45) is 1.19. The van der Waals surface area contributed by atoms with Crippen molar-refractivity contribution >= 4 is 5.97 Å². The van der Waals surface area contributed by atoms with Crippen molar-refractivity contribution in [3.8, 4) is 0 Å². The minimum atomic E-state index is -0.952. The number of hydrogen-bond donors (Lipinski definition) is 0. The van der Waals surface area contributed by atoms with Gasteiger partial charge in [-0.15, -0.1) is 0 Å². The Kier molecular flexibility index (Phi) is 3.50. The molecular formula is C11H13O2-. The standard InChI is InChI=1S/C11H14O2/c1-2-10(11(12)13)8-9-6-4-3-5-7-9/h3-7,10H,2,8H2,1H3,(H,12,13)/p-1. The van der Waals surface area contributed by atoms with Gasteiger partial charge in [0.25, 0.3) is 0 Å². The second-order valence-electron chi connectivity index (χ2n) is 3.11. The van der Waals surface area contributed by atoms with Crippen molar-refractivity contribution in [3.05, 3.63) is 35.9 Å². The summed E-state index contributed by atoms with van der Waals surface area (Å²) in [4.78, 5) is 10.6. The molecule has 0 radical (unpaired) electrons. The van der Waals surface area contributed by atoms with Gasteiger partial charge < -0.3 is 9.90 Å². The molecule has 1 unspecified atom stereocenters. The molecular weight excluding hydrogens is 164 g/mol. The van der Waals surface area contributed by atoms with E-state index in [1.165, 1.54) is 0 Å². The van der Waals surface area contributed by atoms with Gasteiger partial charge in [0.1, 0.15) is 0 Å². The van der Waals surface area contributed by atoms with Crippen molar-refractivity contribution in [1.82, 2.24) is 0 Å². The Bertz CT molecular complexity index is 267. The molecule has 2 nitrogen and oxygen atoms in total. The maximum atomic E-state index is 10.6. The lowest BCUT2D eigenvalue weighted by atomic mass is 9.97. The Balaban J connectivity index is 2.62. The highest BCUT2D eigenvalue weighted by Crippen LogP contribution is 2.10. The molecule has 0 fully saturated rings. The average molecular weight is 177 g/mol. The van der Waals surface area contributed by atoms with Gasteiger partial charge in [-0.25, -0.2) is 0 Å². The van der Waals surface area contributed by atoms with Crippen LogP contribution in [0, 0.1) is 5.92 Å². The molecule has 0 bridgehead atoms. The van der Waals surface area contributed by atoms with Gasteiger partial charge in [0, 0.05) is 11.9 Å². The van der Waals surface area contributed by atoms with Crippen molar-refractivity contribution in [3.63, 3.8) is 0 Å². The van der Waals surface area contributed by atoms with Crippen LogP contribution in [0.3, 0.4) is 0 Å². The molecule has 2 heteroatoms. The van der Waals surface area contributed by atoms with Crippen LogP contribution in [0.5, 0.6) is 0 Å². The fourth-order valence-electron chi connectivity index (χ4n) is 1.29. The molecule has 0 saturated carbocycles. The van der Waals surface area contributed by atoms with E-state index in [4.69, 9.17) is 0 Å². The number of rotatable bonds is 4. The van der Waals surface area contributed by atoms with Gasteiger partial charge in [-0.2, -0.15) is 0 Å². The Morgan fingerprint density at radius 1 is 1.38 bits per heavy atom. The Morgan fingerprint density at radius 2 is 2.00 bits per heavy atom. The molecule has 0 aliphatic heterocycles. The summed E-state index contributed by atoms with van der Waals surface area (Å²) in [5.41, 5.74) is 1.05. The minimum Gasteiger partial charge on any atom is -0.550 e. The highest BCUT2D eigenvalue weighted by molar-refractivity contribution is 5.67. The van der Waals surface area contributed by atoms with E-state index >= 15 is 0 Å². The third-order valence-corrected chi connectivity index (χ3v) is 2.15. The minimum absolute atomic E-state index is 0.359. The predicted octanol–water partition coefficient (Wildman–Crippen LogP) is 1.01. The molecule has 0 heterocycles. The largest absolute Gasteiger partial charge is 0.550 e. The smallest absolute Gasteiger partial charge is 0.0448 e. The van der Waals surface area contributed by atoms with Crippen LogP contribution in [0.1, 0.15) is 18.9 Å². The lowest BCUT2D eigenvalue weighted by molar-refractivity contribution is -0.311. The molecule has 1 rings (SSSR count). The van der Waals surface area contributed by atoms with E-state index in [2.05, 4.69) is 0 Å². The van der Waals surface area contributed by atoms with Gasteiger partial charge in [-0.05, 0) is 18.4 Å². The average Bonchev–Trinajstić information content (AvgIpc) is 2.15. The molecule has 0 amide bonds. The summed E-state index contributed by atoms with van der Waals surface area (Å²) < 4.78 is 0. The number of aliphatic carboxylic acids is 1. The Hall–Kier alpha value is -1.31. The maximum Gasteiger partial charge on any atom is 0.0448 e. The summed E-state index contributed by atoms with van der Waals surface area (Å²) in [6, 6.07) is 9.62. The first-order chi connectivity index (χ1) is 6.24. The molecule has 1 atom stereocenters. The first-order valence-electron chi connectivity index (χ1n) is 4.48. The number of carboxylic acids is 1. The predicted molar refractivity (Wildman–Crippen MR) is 48.9 cm³/mol. The monoisotopic (exact) mass is 177 g/mol. The quantitative estimate of drug-likeness (QED) is 0.688. The van der Waals surface area contributed by atoms with E-state index in [1.54, 1.807) is 0 Å². The zero-order valence-corrected chi connectivity index (χ0v) is 7.69. The van der Waals surface area contributed by atoms with Crippen molar-refractivity contribution < 1.29 is 9.90 Å². The van der Waals surface area contributed by atoms with Crippen molar-refractivity contribution in [2.45, 2.75) is 19.8 Å². The number of benzene rings is 1. The van der Waals surface area contributed by atoms with E-state index in [-0.39, 0.29) is 5.92 Å². The van der Waals surface area contributed by atoms with Gasteiger partial charge in [0.05, 0.1) is 0 Å². The van der Waals surface area contributed by atoms with E-state index < -0.39 is 5.97 Å². The Morgan fingerprint density at radius 3 is 2.46 bits per heavy atom.